The molecule has 2 rings (SSSR count). The molecule has 2 heterocycles. The van der Waals surface area contributed by atoms with E-state index in [0.29, 0.717) is 19.0 Å². The maximum absolute atomic E-state index is 9.77. The smallest absolute Gasteiger partial charge is 0.137 e. The average Bonchev–Trinajstić information content (AvgIpc) is 2.02. The highest BCUT2D eigenvalue weighted by Crippen LogP contribution is 2.28. The van der Waals surface area contributed by atoms with Crippen molar-refractivity contribution >= 4 is 5.82 Å². The minimum atomic E-state index is -0.833. The first-order chi connectivity index (χ1) is 5.71. The van der Waals surface area contributed by atoms with Crippen LogP contribution in [0.4, 0.5) is 5.82 Å². The molecule has 1 aromatic rings. The van der Waals surface area contributed by atoms with E-state index in [4.69, 9.17) is 10.5 Å². The summed E-state index contributed by atoms with van der Waals surface area (Å²) in [4.78, 5) is 3.89. The van der Waals surface area contributed by atoms with Gasteiger partial charge in [-0.15, -0.1) is 0 Å². The van der Waals surface area contributed by atoms with Crippen molar-refractivity contribution in [2.24, 2.45) is 0 Å². The Labute approximate surface area is 70.0 Å². The van der Waals surface area contributed by atoms with Crippen molar-refractivity contribution in [1.82, 2.24) is 4.98 Å². The summed E-state index contributed by atoms with van der Waals surface area (Å²) in [6, 6.07) is 3.44. The van der Waals surface area contributed by atoms with E-state index in [0.717, 1.165) is 5.56 Å². The van der Waals surface area contributed by atoms with E-state index in [1.807, 2.05) is 0 Å². The van der Waals surface area contributed by atoms with Crippen molar-refractivity contribution in [2.75, 3.05) is 18.9 Å². The second kappa shape index (κ2) is 2.43. The van der Waals surface area contributed by atoms with Gasteiger partial charge in [-0.1, -0.05) is 6.07 Å². The fraction of sp³-hybridized carbons (Fsp3) is 0.375. The summed E-state index contributed by atoms with van der Waals surface area (Å²) in [5, 5.41) is 9.77. The number of pyridine rings is 1. The van der Waals surface area contributed by atoms with Crippen molar-refractivity contribution in [2.45, 2.75) is 5.60 Å². The van der Waals surface area contributed by atoms with Gasteiger partial charge in [-0.05, 0) is 6.07 Å². The maximum atomic E-state index is 9.77. The first-order valence-corrected chi connectivity index (χ1v) is 3.73. The molecule has 1 fully saturated rings. The van der Waals surface area contributed by atoms with Gasteiger partial charge in [0.1, 0.15) is 11.4 Å². The topological polar surface area (TPSA) is 68.4 Å². The molecule has 3 N–H and O–H groups in total. The van der Waals surface area contributed by atoms with Gasteiger partial charge in [0.2, 0.25) is 0 Å². The molecule has 1 aliphatic rings. The van der Waals surface area contributed by atoms with Crippen LogP contribution >= 0.6 is 0 Å². The third-order valence-electron chi connectivity index (χ3n) is 2.01. The van der Waals surface area contributed by atoms with Crippen LogP contribution < -0.4 is 5.73 Å². The molecular formula is C8H10N2O2. The van der Waals surface area contributed by atoms with Gasteiger partial charge in [-0.2, -0.15) is 0 Å². The number of rotatable bonds is 1. The summed E-state index contributed by atoms with van der Waals surface area (Å²) in [5.41, 5.74) is 5.34. The molecule has 0 bridgehead atoms. The Morgan fingerprint density at radius 2 is 2.25 bits per heavy atom. The Morgan fingerprint density at radius 1 is 1.50 bits per heavy atom. The fourth-order valence-electron chi connectivity index (χ4n) is 1.14. The molecule has 0 saturated carbocycles. The lowest BCUT2D eigenvalue weighted by molar-refractivity contribution is -0.184. The van der Waals surface area contributed by atoms with Gasteiger partial charge >= 0.3 is 0 Å². The van der Waals surface area contributed by atoms with Gasteiger partial charge in [0.05, 0.1) is 13.2 Å². The van der Waals surface area contributed by atoms with Gasteiger partial charge in [-0.3, -0.25) is 0 Å². The van der Waals surface area contributed by atoms with Crippen molar-refractivity contribution in [1.29, 1.82) is 0 Å². The number of aliphatic hydroxyl groups is 1. The lowest BCUT2D eigenvalue weighted by Crippen LogP contribution is -2.46. The number of ether oxygens (including phenoxy) is 1. The SMILES string of the molecule is Nc1ccc(C2(O)COC2)cn1. The molecule has 0 aromatic carbocycles. The van der Waals surface area contributed by atoms with E-state index in [2.05, 4.69) is 4.98 Å². The molecule has 0 spiro atoms. The molecule has 0 radical (unpaired) electrons. The number of nitrogens with two attached hydrogens (primary N) is 1. The average molecular weight is 166 g/mol. The largest absolute Gasteiger partial charge is 0.384 e. The molecular weight excluding hydrogens is 156 g/mol. The number of hydrogen-bond acceptors (Lipinski definition) is 4. The summed E-state index contributed by atoms with van der Waals surface area (Å²) in [7, 11) is 0. The Bertz CT molecular complexity index is 280. The van der Waals surface area contributed by atoms with E-state index in [1.54, 1.807) is 18.3 Å². The van der Waals surface area contributed by atoms with E-state index in [1.165, 1.54) is 0 Å². The molecule has 1 saturated heterocycles. The van der Waals surface area contributed by atoms with Crippen molar-refractivity contribution in [3.05, 3.63) is 23.9 Å². The Balaban J connectivity index is 2.28. The molecule has 1 aliphatic heterocycles. The first kappa shape index (κ1) is 7.52. The number of nitrogens with zero attached hydrogens (tertiary/aromatic N) is 1. The Kier molecular flexibility index (Phi) is 1.52. The molecule has 0 unspecified atom stereocenters. The van der Waals surface area contributed by atoms with Crippen LogP contribution in [0, 0.1) is 0 Å². The standard InChI is InChI=1S/C8H10N2O2/c9-7-2-1-6(3-10-7)8(11)4-12-5-8/h1-3,11H,4-5H2,(H2,9,10). The molecule has 4 heteroatoms. The number of aromatic nitrogens is 1. The van der Waals surface area contributed by atoms with Crippen LogP contribution in [0.2, 0.25) is 0 Å². The number of nitrogen functional groups attached to an aromatic ring is 1. The first-order valence-electron chi connectivity index (χ1n) is 3.73. The summed E-state index contributed by atoms with van der Waals surface area (Å²) >= 11 is 0. The zero-order chi connectivity index (χ0) is 8.60. The van der Waals surface area contributed by atoms with Gasteiger partial charge in [0, 0.05) is 11.8 Å². The second-order valence-corrected chi connectivity index (χ2v) is 3.00. The van der Waals surface area contributed by atoms with Crippen molar-refractivity contribution < 1.29 is 9.84 Å². The van der Waals surface area contributed by atoms with Gasteiger partial charge in [-0.25, -0.2) is 4.98 Å². The lowest BCUT2D eigenvalue weighted by atomic mass is 9.94. The molecule has 0 atom stereocenters. The predicted octanol–water partition coefficient (Wildman–Crippen LogP) is -0.118. The summed E-state index contributed by atoms with van der Waals surface area (Å²) < 4.78 is 4.91. The van der Waals surface area contributed by atoms with E-state index >= 15 is 0 Å². The second-order valence-electron chi connectivity index (χ2n) is 3.00. The summed E-state index contributed by atoms with van der Waals surface area (Å²) in [6.07, 6.45) is 1.58. The Morgan fingerprint density at radius 3 is 2.67 bits per heavy atom. The van der Waals surface area contributed by atoms with E-state index < -0.39 is 5.60 Å². The maximum Gasteiger partial charge on any atom is 0.137 e. The molecule has 12 heavy (non-hydrogen) atoms. The number of hydrogen-bond donors (Lipinski definition) is 2. The van der Waals surface area contributed by atoms with Crippen LogP contribution in [0.1, 0.15) is 5.56 Å². The molecule has 4 nitrogen and oxygen atoms in total. The highest BCUT2D eigenvalue weighted by molar-refractivity contribution is 5.32. The van der Waals surface area contributed by atoms with Crippen LogP contribution in [0.25, 0.3) is 0 Å². The van der Waals surface area contributed by atoms with Gasteiger partial charge < -0.3 is 15.6 Å². The van der Waals surface area contributed by atoms with Crippen molar-refractivity contribution in [3.63, 3.8) is 0 Å². The minimum Gasteiger partial charge on any atom is -0.384 e. The zero-order valence-corrected chi connectivity index (χ0v) is 6.53. The van der Waals surface area contributed by atoms with Crippen LogP contribution in [-0.2, 0) is 10.3 Å². The highest BCUT2D eigenvalue weighted by atomic mass is 16.5. The van der Waals surface area contributed by atoms with E-state index in [-0.39, 0.29) is 0 Å². The monoisotopic (exact) mass is 166 g/mol. The van der Waals surface area contributed by atoms with Crippen molar-refractivity contribution in [3.8, 4) is 0 Å². The third-order valence-corrected chi connectivity index (χ3v) is 2.01. The molecule has 1 aromatic heterocycles. The summed E-state index contributed by atoms with van der Waals surface area (Å²) in [5.74, 6) is 0.461. The molecule has 64 valence electrons. The molecule has 0 aliphatic carbocycles. The number of anilines is 1. The van der Waals surface area contributed by atoms with Crippen LogP contribution in [-0.4, -0.2) is 23.3 Å². The van der Waals surface area contributed by atoms with Crippen LogP contribution in [0.15, 0.2) is 18.3 Å². The third kappa shape index (κ3) is 1.05. The quantitative estimate of drug-likeness (QED) is 0.610. The minimum absolute atomic E-state index is 0.346. The lowest BCUT2D eigenvalue weighted by Gasteiger charge is -2.36. The fourth-order valence-corrected chi connectivity index (χ4v) is 1.14. The predicted molar refractivity (Wildman–Crippen MR) is 43.4 cm³/mol. The highest BCUT2D eigenvalue weighted by Gasteiger charge is 2.38. The molecule has 0 amide bonds. The van der Waals surface area contributed by atoms with E-state index in [9.17, 15) is 5.11 Å². The Hall–Kier alpha value is -1.13. The summed E-state index contributed by atoms with van der Waals surface area (Å²) in [6.45, 7) is 0.692. The zero-order valence-electron chi connectivity index (χ0n) is 6.53. The van der Waals surface area contributed by atoms with Gasteiger partial charge in [0.15, 0.2) is 0 Å². The normalized spacial score (nSPS) is 20.1. The van der Waals surface area contributed by atoms with Crippen LogP contribution in [0.5, 0.6) is 0 Å². The van der Waals surface area contributed by atoms with Crippen LogP contribution in [0.3, 0.4) is 0 Å². The van der Waals surface area contributed by atoms with Gasteiger partial charge in [0.25, 0.3) is 0 Å².